The van der Waals surface area contributed by atoms with Crippen molar-refractivity contribution in [3.63, 3.8) is 0 Å². The number of rotatable bonds is 3. The number of nitrogens with two attached hydrogens (primary N) is 1. The van der Waals surface area contributed by atoms with Crippen LogP contribution >= 0.6 is 0 Å². The second-order valence-electron chi connectivity index (χ2n) is 9.16. The second kappa shape index (κ2) is 8.48. The summed E-state index contributed by atoms with van der Waals surface area (Å²) >= 11 is 0. The predicted molar refractivity (Wildman–Crippen MR) is 131 cm³/mol. The maximum atomic E-state index is 12.9. The molecule has 0 aliphatic carbocycles. The Bertz CT molecular complexity index is 1320. The molecule has 33 heavy (non-hydrogen) atoms. The van der Waals surface area contributed by atoms with E-state index in [9.17, 15) is 10.1 Å². The highest BCUT2D eigenvalue weighted by atomic mass is 16.5. The van der Waals surface area contributed by atoms with E-state index in [-0.39, 0.29) is 5.41 Å². The number of hydrogen-bond donors (Lipinski definition) is 1. The maximum absolute atomic E-state index is 12.9. The Morgan fingerprint density at radius 2 is 1.70 bits per heavy atom. The molecule has 0 amide bonds. The number of nitrogens with zero attached hydrogens (tertiary/aromatic N) is 2. The minimum atomic E-state index is -0.626. The van der Waals surface area contributed by atoms with Gasteiger partial charge in [-0.15, -0.1) is 0 Å². The van der Waals surface area contributed by atoms with E-state index < -0.39 is 11.9 Å². The van der Waals surface area contributed by atoms with Crippen LogP contribution in [-0.2, 0) is 14.9 Å². The summed E-state index contributed by atoms with van der Waals surface area (Å²) in [4.78, 5) is 14.6. The number of benzene rings is 3. The molecule has 3 aromatic rings. The van der Waals surface area contributed by atoms with Gasteiger partial charge in [-0.25, -0.2) is 4.79 Å². The number of carbonyl (C=O) groups excluding carboxylic acids is 1. The first-order chi connectivity index (χ1) is 15.8. The van der Waals surface area contributed by atoms with Crippen LogP contribution in [0.3, 0.4) is 0 Å². The zero-order chi connectivity index (χ0) is 23.8. The summed E-state index contributed by atoms with van der Waals surface area (Å²) in [5, 5.41) is 12.1. The molecule has 4 rings (SSSR count). The third-order valence-corrected chi connectivity index (χ3v) is 6.09. The van der Waals surface area contributed by atoms with Gasteiger partial charge >= 0.3 is 5.97 Å². The van der Waals surface area contributed by atoms with Gasteiger partial charge in [-0.2, -0.15) is 5.26 Å². The number of carbonyl (C=O) groups is 1. The first-order valence-corrected chi connectivity index (χ1v) is 10.8. The van der Waals surface area contributed by atoms with E-state index in [0.29, 0.717) is 17.0 Å². The summed E-state index contributed by atoms with van der Waals surface area (Å²) in [7, 11) is 1.35. The molecule has 0 bridgehead atoms. The predicted octanol–water partition coefficient (Wildman–Crippen LogP) is 5.49. The standard InChI is InChI=1S/C28H27N3O2/c1-28(2,3)19-12-14-20(15-13-19)31-17-24(27(32)33-4)25(23(16-29)26(31)30)22-11-7-9-18-8-5-6-10-21(18)22/h5-15,17,25H,30H2,1-4H3. The van der Waals surface area contributed by atoms with Gasteiger partial charge in [0.05, 0.1) is 30.2 Å². The highest BCUT2D eigenvalue weighted by molar-refractivity contribution is 5.96. The van der Waals surface area contributed by atoms with Gasteiger partial charge in [0.25, 0.3) is 0 Å². The molecule has 1 aliphatic heterocycles. The molecule has 0 radical (unpaired) electrons. The number of hydrogen-bond acceptors (Lipinski definition) is 5. The first kappa shape index (κ1) is 22.2. The summed E-state index contributed by atoms with van der Waals surface area (Å²) in [6.07, 6.45) is 1.69. The van der Waals surface area contributed by atoms with Gasteiger partial charge in [0, 0.05) is 11.9 Å². The number of methoxy groups -OCH3 is 1. The van der Waals surface area contributed by atoms with Crippen molar-refractivity contribution < 1.29 is 9.53 Å². The molecule has 0 saturated heterocycles. The van der Waals surface area contributed by atoms with E-state index in [1.807, 2.05) is 66.7 Å². The van der Waals surface area contributed by atoms with Crippen molar-refractivity contribution in [2.45, 2.75) is 32.1 Å². The van der Waals surface area contributed by atoms with Crippen LogP contribution in [0.2, 0.25) is 0 Å². The van der Waals surface area contributed by atoms with E-state index >= 15 is 0 Å². The topological polar surface area (TPSA) is 79.3 Å². The van der Waals surface area contributed by atoms with Gasteiger partial charge in [-0.05, 0) is 39.4 Å². The molecule has 0 fully saturated rings. The lowest BCUT2D eigenvalue weighted by atomic mass is 9.81. The van der Waals surface area contributed by atoms with E-state index in [4.69, 9.17) is 10.5 Å². The molecule has 1 heterocycles. The van der Waals surface area contributed by atoms with Crippen LogP contribution in [0.1, 0.15) is 37.8 Å². The Morgan fingerprint density at radius 3 is 2.33 bits per heavy atom. The zero-order valence-electron chi connectivity index (χ0n) is 19.3. The Kier molecular flexibility index (Phi) is 5.69. The minimum absolute atomic E-state index is 0.00606. The van der Waals surface area contributed by atoms with Crippen molar-refractivity contribution in [2.24, 2.45) is 5.73 Å². The highest BCUT2D eigenvalue weighted by Crippen LogP contribution is 2.42. The van der Waals surface area contributed by atoms with E-state index in [1.54, 1.807) is 11.1 Å². The molecule has 5 heteroatoms. The number of anilines is 1. The van der Waals surface area contributed by atoms with E-state index in [2.05, 4.69) is 26.8 Å². The maximum Gasteiger partial charge on any atom is 0.336 e. The molecule has 5 nitrogen and oxygen atoms in total. The summed E-state index contributed by atoms with van der Waals surface area (Å²) in [5.41, 5.74) is 10.0. The molecule has 0 aromatic heterocycles. The molecule has 3 aromatic carbocycles. The fourth-order valence-electron chi connectivity index (χ4n) is 4.29. The fraction of sp³-hybridized carbons (Fsp3) is 0.214. The van der Waals surface area contributed by atoms with Crippen LogP contribution in [-0.4, -0.2) is 13.1 Å². The molecular weight excluding hydrogens is 410 g/mol. The normalized spacial score (nSPS) is 16.4. The average Bonchev–Trinajstić information content (AvgIpc) is 2.82. The minimum Gasteiger partial charge on any atom is -0.466 e. The molecule has 1 aliphatic rings. The first-order valence-electron chi connectivity index (χ1n) is 10.8. The van der Waals surface area contributed by atoms with Gasteiger partial charge < -0.3 is 15.4 Å². The average molecular weight is 438 g/mol. The molecule has 1 unspecified atom stereocenters. The van der Waals surface area contributed by atoms with Gasteiger partial charge in [0.1, 0.15) is 5.82 Å². The number of esters is 1. The Balaban J connectivity index is 1.90. The van der Waals surface area contributed by atoms with Crippen molar-refractivity contribution in [3.8, 4) is 6.07 Å². The smallest absolute Gasteiger partial charge is 0.336 e. The molecule has 0 spiro atoms. The molecule has 0 saturated carbocycles. The number of nitriles is 1. The molecule has 2 N–H and O–H groups in total. The molecule has 166 valence electrons. The van der Waals surface area contributed by atoms with E-state index in [1.165, 1.54) is 12.7 Å². The zero-order valence-corrected chi connectivity index (χ0v) is 19.3. The fourth-order valence-corrected chi connectivity index (χ4v) is 4.29. The van der Waals surface area contributed by atoms with Crippen LogP contribution in [0.15, 0.2) is 89.9 Å². The van der Waals surface area contributed by atoms with Crippen LogP contribution in [0.25, 0.3) is 10.8 Å². The van der Waals surface area contributed by atoms with Gasteiger partial charge in [0.2, 0.25) is 0 Å². The van der Waals surface area contributed by atoms with Crippen LogP contribution in [0, 0.1) is 11.3 Å². The Morgan fingerprint density at radius 1 is 1.03 bits per heavy atom. The van der Waals surface area contributed by atoms with Crippen LogP contribution in [0.5, 0.6) is 0 Å². The van der Waals surface area contributed by atoms with Crippen LogP contribution < -0.4 is 10.6 Å². The Labute approximate surface area is 194 Å². The van der Waals surface area contributed by atoms with Gasteiger partial charge in [-0.1, -0.05) is 75.4 Å². The third kappa shape index (κ3) is 3.96. The SMILES string of the molecule is COC(=O)C1=CN(c2ccc(C(C)(C)C)cc2)C(N)=C(C#N)C1c1cccc2ccccc12. The summed E-state index contributed by atoms with van der Waals surface area (Å²) in [5.74, 6) is -0.824. The monoisotopic (exact) mass is 437 g/mol. The molecule has 1 atom stereocenters. The summed E-state index contributed by atoms with van der Waals surface area (Å²) in [6.45, 7) is 6.44. The summed E-state index contributed by atoms with van der Waals surface area (Å²) < 4.78 is 5.12. The quantitative estimate of drug-likeness (QED) is 0.548. The lowest BCUT2D eigenvalue weighted by Crippen LogP contribution is -2.33. The Hall–Kier alpha value is -4.04. The van der Waals surface area contributed by atoms with Gasteiger partial charge in [0.15, 0.2) is 0 Å². The van der Waals surface area contributed by atoms with Crippen molar-refractivity contribution >= 4 is 22.4 Å². The lowest BCUT2D eigenvalue weighted by molar-refractivity contribution is -0.136. The highest BCUT2D eigenvalue weighted by Gasteiger charge is 2.36. The van der Waals surface area contributed by atoms with Crippen molar-refractivity contribution in [2.75, 3.05) is 12.0 Å². The summed E-state index contributed by atoms with van der Waals surface area (Å²) in [6, 6.07) is 24.0. The van der Waals surface area contributed by atoms with Crippen LogP contribution in [0.4, 0.5) is 5.69 Å². The van der Waals surface area contributed by atoms with Crippen molar-refractivity contribution in [1.29, 1.82) is 5.26 Å². The number of fused-ring (bicyclic) bond motifs is 1. The second-order valence-corrected chi connectivity index (χ2v) is 9.16. The third-order valence-electron chi connectivity index (χ3n) is 6.09. The number of allylic oxidation sites excluding steroid dienone is 1. The molecular formula is C28H27N3O2. The largest absolute Gasteiger partial charge is 0.466 e. The van der Waals surface area contributed by atoms with E-state index in [0.717, 1.165) is 22.0 Å². The van der Waals surface area contributed by atoms with Gasteiger partial charge in [-0.3, -0.25) is 0 Å². The van der Waals surface area contributed by atoms with Crippen molar-refractivity contribution in [1.82, 2.24) is 0 Å². The number of ether oxygens (including phenoxy) is 1. The van der Waals surface area contributed by atoms with Crippen molar-refractivity contribution in [3.05, 3.63) is 101 Å². The lowest BCUT2D eigenvalue weighted by Gasteiger charge is -2.32.